The molecule has 0 fully saturated rings. The highest BCUT2D eigenvalue weighted by Gasteiger charge is 2.13. The second-order valence-corrected chi connectivity index (χ2v) is 8.66. The number of carbonyl (C=O) groups excluding carboxylic acids is 2. The number of amides is 2. The topological polar surface area (TPSA) is 97.9 Å². The number of halogens is 1. The Balaban J connectivity index is 1.29. The maximum absolute atomic E-state index is 12.6. The molecule has 0 saturated heterocycles. The Morgan fingerprint density at radius 3 is 2.70 bits per heavy atom. The molecule has 2 heterocycles. The SMILES string of the molecule is CCOc1ccc2oc(C(=O)N/N=C/c3cn(CC(=O)Nc4ccc(Cl)cc4)c4ccccc34)cc2c1. The van der Waals surface area contributed by atoms with Crippen molar-refractivity contribution in [2.24, 2.45) is 5.10 Å². The minimum absolute atomic E-state index is 0.103. The van der Waals surface area contributed by atoms with Crippen molar-refractivity contribution >= 4 is 57.2 Å². The van der Waals surface area contributed by atoms with Crippen LogP contribution in [-0.4, -0.2) is 29.2 Å². The fourth-order valence-corrected chi connectivity index (χ4v) is 4.13. The number of carbonyl (C=O) groups is 2. The molecule has 3 aromatic carbocycles. The molecule has 0 saturated carbocycles. The molecule has 0 atom stereocenters. The summed E-state index contributed by atoms with van der Waals surface area (Å²) in [5.74, 6) is 0.190. The molecule has 2 aromatic heterocycles. The molecule has 0 aliphatic rings. The van der Waals surface area contributed by atoms with Crippen LogP contribution in [0, 0.1) is 0 Å². The number of fused-ring (bicyclic) bond motifs is 2. The minimum Gasteiger partial charge on any atom is -0.494 e. The first kappa shape index (κ1) is 24.1. The number of para-hydroxylation sites is 1. The van der Waals surface area contributed by atoms with E-state index in [4.69, 9.17) is 20.8 Å². The molecule has 37 heavy (non-hydrogen) atoms. The molecule has 0 bridgehead atoms. The zero-order valence-electron chi connectivity index (χ0n) is 19.9. The molecule has 9 heteroatoms. The summed E-state index contributed by atoms with van der Waals surface area (Å²) >= 11 is 5.91. The Kier molecular flexibility index (Phi) is 6.91. The first-order chi connectivity index (χ1) is 18.0. The number of anilines is 1. The van der Waals surface area contributed by atoms with E-state index >= 15 is 0 Å². The largest absolute Gasteiger partial charge is 0.494 e. The molecule has 0 radical (unpaired) electrons. The van der Waals surface area contributed by atoms with Crippen LogP contribution in [-0.2, 0) is 11.3 Å². The lowest BCUT2D eigenvalue weighted by atomic mass is 10.2. The van der Waals surface area contributed by atoms with Crippen molar-refractivity contribution in [3.63, 3.8) is 0 Å². The first-order valence-electron chi connectivity index (χ1n) is 11.6. The van der Waals surface area contributed by atoms with Crippen molar-refractivity contribution in [2.75, 3.05) is 11.9 Å². The summed E-state index contributed by atoms with van der Waals surface area (Å²) in [7, 11) is 0. The maximum Gasteiger partial charge on any atom is 0.307 e. The van der Waals surface area contributed by atoms with E-state index in [1.807, 2.05) is 48.0 Å². The zero-order valence-corrected chi connectivity index (χ0v) is 20.7. The number of nitrogens with one attached hydrogen (secondary N) is 2. The lowest BCUT2D eigenvalue weighted by molar-refractivity contribution is -0.116. The van der Waals surface area contributed by atoms with E-state index in [9.17, 15) is 9.59 Å². The van der Waals surface area contributed by atoms with Crippen LogP contribution in [0.1, 0.15) is 23.0 Å². The Morgan fingerprint density at radius 2 is 1.89 bits per heavy atom. The average Bonchev–Trinajstić information content (AvgIpc) is 3.47. The maximum atomic E-state index is 12.6. The minimum atomic E-state index is -0.475. The van der Waals surface area contributed by atoms with E-state index in [0.29, 0.717) is 28.6 Å². The summed E-state index contributed by atoms with van der Waals surface area (Å²) in [4.78, 5) is 25.2. The van der Waals surface area contributed by atoms with Gasteiger partial charge in [0.05, 0.1) is 12.8 Å². The van der Waals surface area contributed by atoms with E-state index in [1.54, 1.807) is 48.7 Å². The molecule has 2 N–H and O–H groups in total. The van der Waals surface area contributed by atoms with Crippen LogP contribution >= 0.6 is 11.6 Å². The van der Waals surface area contributed by atoms with Crippen molar-refractivity contribution in [3.8, 4) is 5.75 Å². The molecule has 186 valence electrons. The fraction of sp³-hybridized carbons (Fsp3) is 0.107. The smallest absolute Gasteiger partial charge is 0.307 e. The summed E-state index contributed by atoms with van der Waals surface area (Å²) in [5, 5.41) is 9.24. The third-order valence-electron chi connectivity index (χ3n) is 5.65. The number of hydrazone groups is 1. The van der Waals surface area contributed by atoms with E-state index < -0.39 is 5.91 Å². The van der Waals surface area contributed by atoms with Crippen LogP contribution < -0.4 is 15.5 Å². The monoisotopic (exact) mass is 514 g/mol. The van der Waals surface area contributed by atoms with Gasteiger partial charge in [-0.25, -0.2) is 5.43 Å². The summed E-state index contributed by atoms with van der Waals surface area (Å²) in [6.07, 6.45) is 3.36. The van der Waals surface area contributed by atoms with Gasteiger partial charge < -0.3 is 19.0 Å². The van der Waals surface area contributed by atoms with Crippen LogP contribution in [0.25, 0.3) is 21.9 Å². The molecule has 0 spiro atoms. The van der Waals surface area contributed by atoms with Gasteiger partial charge in [-0.3, -0.25) is 9.59 Å². The van der Waals surface area contributed by atoms with Crippen LogP contribution in [0.2, 0.25) is 5.02 Å². The van der Waals surface area contributed by atoms with Gasteiger partial charge in [0.25, 0.3) is 0 Å². The second kappa shape index (κ2) is 10.6. The van der Waals surface area contributed by atoms with Gasteiger partial charge in [-0.2, -0.15) is 5.10 Å². The highest BCUT2D eigenvalue weighted by atomic mass is 35.5. The Bertz CT molecular complexity index is 1620. The molecule has 5 aromatic rings. The van der Waals surface area contributed by atoms with E-state index in [-0.39, 0.29) is 18.2 Å². The average molecular weight is 515 g/mol. The second-order valence-electron chi connectivity index (χ2n) is 8.23. The Hall–Kier alpha value is -4.56. The molecular formula is C28H23ClN4O4. The number of ether oxygens (including phenoxy) is 1. The standard InChI is InChI=1S/C28H23ClN4O4/c1-2-36-22-11-12-25-18(13-22)14-26(37-25)28(35)32-30-15-19-16-33(24-6-4-3-5-23(19)24)17-27(34)31-21-9-7-20(29)8-10-21/h3-16H,2,17H2,1H3,(H,31,34)(H,32,35)/b30-15+. The van der Waals surface area contributed by atoms with E-state index in [1.165, 1.54) is 0 Å². The molecule has 2 amide bonds. The molecule has 8 nitrogen and oxygen atoms in total. The van der Waals surface area contributed by atoms with Gasteiger partial charge in [-0.05, 0) is 61.5 Å². The van der Waals surface area contributed by atoms with Crippen LogP contribution in [0.4, 0.5) is 5.69 Å². The van der Waals surface area contributed by atoms with Gasteiger partial charge in [0.2, 0.25) is 5.91 Å². The summed E-state index contributed by atoms with van der Waals surface area (Å²) in [6, 6.07) is 21.6. The third kappa shape index (κ3) is 5.49. The normalized spacial score (nSPS) is 11.3. The van der Waals surface area contributed by atoms with Crippen molar-refractivity contribution in [1.82, 2.24) is 9.99 Å². The number of benzene rings is 3. The predicted octanol–water partition coefficient (Wildman–Crippen LogP) is 5.84. The van der Waals surface area contributed by atoms with E-state index in [2.05, 4.69) is 15.8 Å². The van der Waals surface area contributed by atoms with Crippen LogP contribution in [0.3, 0.4) is 0 Å². The molecule has 0 unspecified atom stereocenters. The number of aromatic nitrogens is 1. The molecule has 5 rings (SSSR count). The fourth-order valence-electron chi connectivity index (χ4n) is 4.00. The van der Waals surface area contributed by atoms with Crippen LogP contribution in [0.5, 0.6) is 5.75 Å². The summed E-state index contributed by atoms with van der Waals surface area (Å²) in [5.41, 5.74) is 5.37. The van der Waals surface area contributed by atoms with Crippen LogP contribution in [0.15, 0.2) is 88.5 Å². The zero-order chi connectivity index (χ0) is 25.8. The quantitative estimate of drug-likeness (QED) is 0.201. The molecule has 0 aliphatic carbocycles. The third-order valence-corrected chi connectivity index (χ3v) is 5.91. The van der Waals surface area contributed by atoms with Gasteiger partial charge in [0.15, 0.2) is 5.76 Å². The van der Waals surface area contributed by atoms with Crippen molar-refractivity contribution < 1.29 is 18.7 Å². The van der Waals surface area contributed by atoms with Gasteiger partial charge in [-0.1, -0.05) is 29.8 Å². The lowest BCUT2D eigenvalue weighted by Gasteiger charge is -2.07. The lowest BCUT2D eigenvalue weighted by Crippen LogP contribution is -2.18. The van der Waals surface area contributed by atoms with Crippen molar-refractivity contribution in [2.45, 2.75) is 13.5 Å². The molecule has 0 aliphatic heterocycles. The van der Waals surface area contributed by atoms with Gasteiger partial charge in [0, 0.05) is 38.8 Å². The van der Waals surface area contributed by atoms with Crippen molar-refractivity contribution in [1.29, 1.82) is 0 Å². The Morgan fingerprint density at radius 1 is 1.08 bits per heavy atom. The number of hydrogen-bond acceptors (Lipinski definition) is 5. The van der Waals surface area contributed by atoms with Gasteiger partial charge in [0.1, 0.15) is 17.9 Å². The highest BCUT2D eigenvalue weighted by Crippen LogP contribution is 2.25. The number of furan rings is 1. The number of nitrogens with zero attached hydrogens (tertiary/aromatic N) is 2. The number of rotatable bonds is 8. The van der Waals surface area contributed by atoms with Gasteiger partial charge in [-0.15, -0.1) is 0 Å². The summed E-state index contributed by atoms with van der Waals surface area (Å²) < 4.78 is 13.0. The van der Waals surface area contributed by atoms with Gasteiger partial charge >= 0.3 is 5.91 Å². The first-order valence-corrected chi connectivity index (χ1v) is 12.0. The van der Waals surface area contributed by atoms with E-state index in [0.717, 1.165) is 21.9 Å². The Labute approximate surface area is 217 Å². The number of hydrogen-bond donors (Lipinski definition) is 2. The van der Waals surface area contributed by atoms with Crippen molar-refractivity contribution in [3.05, 3.63) is 95.3 Å². The summed E-state index contributed by atoms with van der Waals surface area (Å²) in [6.45, 7) is 2.56. The highest BCUT2D eigenvalue weighted by molar-refractivity contribution is 6.30. The molecular weight excluding hydrogens is 492 g/mol. The predicted molar refractivity (Wildman–Crippen MR) is 144 cm³/mol.